The average molecular weight is 304 g/mol. The maximum absolute atomic E-state index is 6.30. The standard InChI is InChI=1S/C18H22ClNO/c1-12(2)15-8-7-13(3)17(11-15)21-18-14(9-10-20)5-4-6-16(18)19/h4-8,11-12H,9-10,20H2,1-3H3. The van der Waals surface area contributed by atoms with Crippen LogP contribution in [0.2, 0.25) is 5.02 Å². The maximum Gasteiger partial charge on any atom is 0.149 e. The molecule has 2 aromatic rings. The number of benzene rings is 2. The molecule has 0 aliphatic carbocycles. The fraction of sp³-hybridized carbons (Fsp3) is 0.333. The zero-order chi connectivity index (χ0) is 15.4. The minimum Gasteiger partial charge on any atom is -0.455 e. The lowest BCUT2D eigenvalue weighted by atomic mass is 10.0. The van der Waals surface area contributed by atoms with Crippen molar-refractivity contribution in [1.82, 2.24) is 0 Å². The number of para-hydroxylation sites is 1. The molecule has 0 radical (unpaired) electrons. The van der Waals surface area contributed by atoms with Crippen molar-refractivity contribution in [3.8, 4) is 11.5 Å². The fourth-order valence-electron chi connectivity index (χ4n) is 2.22. The molecule has 2 rings (SSSR count). The fourth-order valence-corrected chi connectivity index (χ4v) is 2.45. The molecule has 2 nitrogen and oxygen atoms in total. The van der Waals surface area contributed by atoms with Crippen LogP contribution in [0, 0.1) is 6.92 Å². The van der Waals surface area contributed by atoms with E-state index in [4.69, 9.17) is 22.1 Å². The van der Waals surface area contributed by atoms with E-state index in [1.807, 2.05) is 25.1 Å². The predicted octanol–water partition coefficient (Wildman–Crippen LogP) is 5.07. The van der Waals surface area contributed by atoms with Gasteiger partial charge in [-0.2, -0.15) is 0 Å². The van der Waals surface area contributed by atoms with Gasteiger partial charge in [-0.25, -0.2) is 0 Å². The Balaban J connectivity index is 2.40. The summed E-state index contributed by atoms with van der Waals surface area (Å²) in [7, 11) is 0. The number of ether oxygens (including phenoxy) is 1. The first-order valence-electron chi connectivity index (χ1n) is 7.28. The second-order valence-electron chi connectivity index (χ2n) is 5.55. The zero-order valence-corrected chi connectivity index (χ0v) is 13.6. The molecule has 0 aromatic heterocycles. The number of rotatable bonds is 5. The minimum atomic E-state index is 0.461. The molecule has 3 heteroatoms. The second kappa shape index (κ2) is 6.97. The van der Waals surface area contributed by atoms with E-state index in [1.54, 1.807) is 0 Å². The van der Waals surface area contributed by atoms with Crippen molar-refractivity contribution in [2.45, 2.75) is 33.1 Å². The summed E-state index contributed by atoms with van der Waals surface area (Å²) in [6, 6.07) is 12.1. The number of hydrogen-bond donors (Lipinski definition) is 1. The third-order valence-electron chi connectivity index (χ3n) is 3.55. The zero-order valence-electron chi connectivity index (χ0n) is 12.8. The van der Waals surface area contributed by atoms with Gasteiger partial charge in [-0.3, -0.25) is 0 Å². The lowest BCUT2D eigenvalue weighted by Gasteiger charge is -2.16. The van der Waals surface area contributed by atoms with Gasteiger partial charge in [0.1, 0.15) is 11.5 Å². The highest BCUT2D eigenvalue weighted by Crippen LogP contribution is 2.35. The van der Waals surface area contributed by atoms with E-state index in [9.17, 15) is 0 Å². The molecule has 0 saturated heterocycles. The van der Waals surface area contributed by atoms with Crippen molar-refractivity contribution in [3.05, 3.63) is 58.1 Å². The van der Waals surface area contributed by atoms with Crippen LogP contribution in [0.1, 0.15) is 36.5 Å². The third kappa shape index (κ3) is 3.78. The molecule has 0 saturated carbocycles. The highest BCUT2D eigenvalue weighted by Gasteiger charge is 2.12. The SMILES string of the molecule is Cc1ccc(C(C)C)cc1Oc1c(Cl)cccc1CCN. The van der Waals surface area contributed by atoms with Crippen molar-refractivity contribution < 1.29 is 4.74 Å². The summed E-state index contributed by atoms with van der Waals surface area (Å²) in [6.45, 7) is 6.95. The van der Waals surface area contributed by atoms with Crippen LogP contribution in [0.5, 0.6) is 11.5 Å². The molecule has 21 heavy (non-hydrogen) atoms. The van der Waals surface area contributed by atoms with Gasteiger partial charge in [-0.05, 0) is 54.6 Å². The lowest BCUT2D eigenvalue weighted by Crippen LogP contribution is -2.04. The van der Waals surface area contributed by atoms with Crippen LogP contribution in [0.3, 0.4) is 0 Å². The minimum absolute atomic E-state index is 0.461. The van der Waals surface area contributed by atoms with Gasteiger partial charge in [-0.15, -0.1) is 0 Å². The van der Waals surface area contributed by atoms with Gasteiger partial charge in [0.25, 0.3) is 0 Å². The Morgan fingerprint density at radius 3 is 2.62 bits per heavy atom. The van der Waals surface area contributed by atoms with Crippen molar-refractivity contribution in [2.75, 3.05) is 6.54 Å². The van der Waals surface area contributed by atoms with E-state index in [2.05, 4.69) is 32.0 Å². The Bertz CT molecular complexity index is 623. The van der Waals surface area contributed by atoms with Crippen molar-refractivity contribution in [2.24, 2.45) is 5.73 Å². The average Bonchev–Trinajstić information content (AvgIpc) is 2.44. The summed E-state index contributed by atoms with van der Waals surface area (Å²) < 4.78 is 6.13. The normalized spacial score (nSPS) is 11.0. The topological polar surface area (TPSA) is 35.2 Å². The summed E-state index contributed by atoms with van der Waals surface area (Å²) in [5, 5.41) is 0.621. The summed E-state index contributed by atoms with van der Waals surface area (Å²) in [5.41, 5.74) is 9.06. The third-order valence-corrected chi connectivity index (χ3v) is 3.85. The van der Waals surface area contributed by atoms with Gasteiger partial charge >= 0.3 is 0 Å². The molecule has 2 aromatic carbocycles. The Morgan fingerprint density at radius 2 is 1.95 bits per heavy atom. The number of aryl methyl sites for hydroxylation is 1. The smallest absolute Gasteiger partial charge is 0.149 e. The quantitative estimate of drug-likeness (QED) is 0.837. The Morgan fingerprint density at radius 1 is 1.19 bits per heavy atom. The van der Waals surface area contributed by atoms with E-state index in [0.29, 0.717) is 23.2 Å². The monoisotopic (exact) mass is 303 g/mol. The molecule has 0 spiro atoms. The van der Waals surface area contributed by atoms with Crippen LogP contribution in [-0.2, 0) is 6.42 Å². The van der Waals surface area contributed by atoms with Crippen molar-refractivity contribution >= 4 is 11.6 Å². The summed E-state index contributed by atoms with van der Waals surface area (Å²) >= 11 is 6.30. The molecule has 0 amide bonds. The molecule has 2 N–H and O–H groups in total. The van der Waals surface area contributed by atoms with Gasteiger partial charge < -0.3 is 10.5 Å². The predicted molar refractivity (Wildman–Crippen MR) is 89.6 cm³/mol. The van der Waals surface area contributed by atoms with Gasteiger partial charge in [0, 0.05) is 0 Å². The highest BCUT2D eigenvalue weighted by molar-refractivity contribution is 6.32. The maximum atomic E-state index is 6.30. The second-order valence-corrected chi connectivity index (χ2v) is 5.96. The number of hydrogen-bond acceptors (Lipinski definition) is 2. The van der Waals surface area contributed by atoms with E-state index in [1.165, 1.54) is 5.56 Å². The summed E-state index contributed by atoms with van der Waals surface area (Å²) in [4.78, 5) is 0. The largest absolute Gasteiger partial charge is 0.455 e. The number of nitrogens with two attached hydrogens (primary N) is 1. The van der Waals surface area contributed by atoms with Crippen LogP contribution >= 0.6 is 11.6 Å². The van der Waals surface area contributed by atoms with E-state index in [-0.39, 0.29) is 0 Å². The summed E-state index contributed by atoms with van der Waals surface area (Å²) in [5.74, 6) is 2.03. The number of halogens is 1. The molecule has 0 aliphatic rings. The Kier molecular flexibility index (Phi) is 5.27. The van der Waals surface area contributed by atoms with Crippen LogP contribution in [0.25, 0.3) is 0 Å². The molecular formula is C18H22ClNO. The van der Waals surface area contributed by atoms with Crippen LogP contribution in [-0.4, -0.2) is 6.54 Å². The molecule has 0 heterocycles. The van der Waals surface area contributed by atoms with Gasteiger partial charge in [0.2, 0.25) is 0 Å². The Labute approximate surface area is 131 Å². The molecule has 0 bridgehead atoms. The molecule has 0 unspecified atom stereocenters. The van der Waals surface area contributed by atoms with Gasteiger partial charge in [-0.1, -0.05) is 49.7 Å². The van der Waals surface area contributed by atoms with Crippen molar-refractivity contribution in [3.63, 3.8) is 0 Å². The van der Waals surface area contributed by atoms with E-state index < -0.39 is 0 Å². The first kappa shape index (κ1) is 15.9. The molecule has 0 fully saturated rings. The highest BCUT2D eigenvalue weighted by atomic mass is 35.5. The Hall–Kier alpha value is -1.51. The lowest BCUT2D eigenvalue weighted by molar-refractivity contribution is 0.472. The first-order valence-corrected chi connectivity index (χ1v) is 7.66. The van der Waals surface area contributed by atoms with Crippen LogP contribution in [0.15, 0.2) is 36.4 Å². The first-order chi connectivity index (χ1) is 10.0. The van der Waals surface area contributed by atoms with E-state index in [0.717, 1.165) is 23.3 Å². The van der Waals surface area contributed by atoms with E-state index >= 15 is 0 Å². The molecular weight excluding hydrogens is 282 g/mol. The van der Waals surface area contributed by atoms with Gasteiger partial charge in [0.15, 0.2) is 0 Å². The van der Waals surface area contributed by atoms with Crippen LogP contribution in [0.4, 0.5) is 0 Å². The summed E-state index contributed by atoms with van der Waals surface area (Å²) in [6.07, 6.45) is 0.749. The van der Waals surface area contributed by atoms with Crippen LogP contribution < -0.4 is 10.5 Å². The molecule has 0 aliphatic heterocycles. The molecule has 112 valence electrons. The van der Waals surface area contributed by atoms with Gasteiger partial charge in [0.05, 0.1) is 5.02 Å². The molecule has 0 atom stereocenters. The van der Waals surface area contributed by atoms with Crippen molar-refractivity contribution in [1.29, 1.82) is 0 Å².